The molecule has 0 aromatic heterocycles. The molecule has 1 heterocycles. The average molecular weight is 219 g/mol. The van der Waals surface area contributed by atoms with Crippen molar-refractivity contribution in [3.63, 3.8) is 0 Å². The molecule has 1 aliphatic rings. The lowest BCUT2D eigenvalue weighted by Gasteiger charge is -2.13. The molecule has 2 rings (SSSR count). The fourth-order valence-electron chi connectivity index (χ4n) is 2.23. The van der Waals surface area contributed by atoms with Crippen LogP contribution < -0.4 is 0 Å². The lowest BCUT2D eigenvalue weighted by atomic mass is 10.0. The first-order valence-corrected chi connectivity index (χ1v) is 5.74. The van der Waals surface area contributed by atoms with Crippen molar-refractivity contribution in [2.45, 2.75) is 19.0 Å². The third kappa shape index (κ3) is 2.12. The zero-order chi connectivity index (χ0) is 11.8. The van der Waals surface area contributed by atoms with Gasteiger partial charge in [-0.2, -0.15) is 0 Å². The normalized spacial score (nSPS) is 33.1. The molecule has 1 aliphatic heterocycles. The molecule has 3 nitrogen and oxygen atoms in total. The minimum atomic E-state index is 0.186. The highest BCUT2D eigenvalue weighted by Gasteiger charge is 2.54. The summed E-state index contributed by atoms with van der Waals surface area (Å²) in [5, 5.41) is 4.71. The minimum absolute atomic E-state index is 0.186. The van der Waals surface area contributed by atoms with Crippen LogP contribution in [0.3, 0.4) is 0 Å². The van der Waals surface area contributed by atoms with Crippen LogP contribution in [0.5, 0.6) is 0 Å². The number of hydrogen-bond acceptors (Lipinski definition) is 3. The van der Waals surface area contributed by atoms with Gasteiger partial charge in [0, 0.05) is 13.5 Å². The van der Waals surface area contributed by atoms with Crippen molar-refractivity contribution in [2.75, 3.05) is 27.8 Å². The van der Waals surface area contributed by atoms with Gasteiger partial charge in [0.05, 0.1) is 6.67 Å². The van der Waals surface area contributed by atoms with Gasteiger partial charge in [0.15, 0.2) is 0 Å². The van der Waals surface area contributed by atoms with E-state index in [-0.39, 0.29) is 5.66 Å². The molecule has 2 unspecified atom stereocenters. The van der Waals surface area contributed by atoms with Crippen molar-refractivity contribution in [3.05, 3.63) is 35.9 Å². The van der Waals surface area contributed by atoms with Gasteiger partial charge >= 0.3 is 0 Å². The molecule has 0 bridgehead atoms. The molecule has 0 saturated carbocycles. The van der Waals surface area contributed by atoms with Crippen LogP contribution in [0.25, 0.3) is 0 Å². The topological polar surface area (TPSA) is 9.26 Å². The Bertz CT molecular complexity index is 349. The van der Waals surface area contributed by atoms with Crippen molar-refractivity contribution in [2.24, 2.45) is 0 Å². The molecule has 0 amide bonds. The number of nitrogens with zero attached hydrogens (tertiary/aromatic N) is 3. The van der Waals surface area contributed by atoms with Gasteiger partial charge in [-0.3, -0.25) is 4.90 Å². The summed E-state index contributed by atoms with van der Waals surface area (Å²) in [6.07, 6.45) is 1.08. The van der Waals surface area contributed by atoms with Crippen molar-refractivity contribution in [3.8, 4) is 0 Å². The summed E-state index contributed by atoms with van der Waals surface area (Å²) in [4.78, 5) is 2.20. The first-order valence-electron chi connectivity index (χ1n) is 5.74. The van der Waals surface area contributed by atoms with Crippen LogP contribution >= 0.6 is 0 Å². The smallest absolute Gasteiger partial charge is 0.103 e. The summed E-state index contributed by atoms with van der Waals surface area (Å²) < 4.78 is 0. The molecule has 88 valence electrons. The van der Waals surface area contributed by atoms with Gasteiger partial charge in [0.25, 0.3) is 0 Å². The molecule has 1 aromatic rings. The van der Waals surface area contributed by atoms with Crippen LogP contribution in [-0.4, -0.2) is 48.4 Å². The molecule has 0 aliphatic carbocycles. The minimum Gasteiger partial charge on any atom is -0.295 e. The molecule has 0 radical (unpaired) electrons. The third-order valence-electron chi connectivity index (χ3n) is 3.37. The van der Waals surface area contributed by atoms with E-state index in [0.29, 0.717) is 0 Å². The van der Waals surface area contributed by atoms with E-state index >= 15 is 0 Å². The van der Waals surface area contributed by atoms with E-state index in [0.717, 1.165) is 13.1 Å². The fraction of sp³-hybridized carbons (Fsp3) is 0.538. The van der Waals surface area contributed by atoms with Crippen molar-refractivity contribution in [1.82, 2.24) is 14.9 Å². The molecule has 1 aromatic carbocycles. The van der Waals surface area contributed by atoms with Crippen LogP contribution in [-0.2, 0) is 6.42 Å². The standard InChI is InChI=1S/C13H21N3/c1-13(10-12-8-6-5-7-9-12)15(4)16(13)11-14(2)3/h5-9H,10-11H2,1-4H3/t13-,15?,16?/m1/s1. The van der Waals surface area contributed by atoms with E-state index in [9.17, 15) is 0 Å². The lowest BCUT2D eigenvalue weighted by molar-refractivity contribution is 0.222. The Hall–Kier alpha value is -0.900. The fourth-order valence-corrected chi connectivity index (χ4v) is 2.23. The SMILES string of the molecule is CN(C)CN1N(C)[C@@]1(C)Cc1ccccc1. The number of hydrogen-bond donors (Lipinski definition) is 0. The number of benzene rings is 1. The Balaban J connectivity index is 2.00. The second-order valence-corrected chi connectivity index (χ2v) is 5.02. The van der Waals surface area contributed by atoms with Gasteiger partial charge < -0.3 is 0 Å². The zero-order valence-corrected chi connectivity index (χ0v) is 10.6. The van der Waals surface area contributed by atoms with E-state index < -0.39 is 0 Å². The number of rotatable bonds is 4. The summed E-state index contributed by atoms with van der Waals surface area (Å²) in [6, 6.07) is 10.7. The van der Waals surface area contributed by atoms with E-state index in [1.807, 2.05) is 0 Å². The van der Waals surface area contributed by atoms with Gasteiger partial charge in [-0.15, -0.1) is 0 Å². The first kappa shape index (κ1) is 11.6. The maximum Gasteiger partial charge on any atom is 0.103 e. The second-order valence-electron chi connectivity index (χ2n) is 5.02. The molecule has 16 heavy (non-hydrogen) atoms. The second kappa shape index (κ2) is 4.17. The van der Waals surface area contributed by atoms with Crippen molar-refractivity contribution < 1.29 is 0 Å². The summed E-state index contributed by atoms with van der Waals surface area (Å²) >= 11 is 0. The van der Waals surface area contributed by atoms with Crippen molar-refractivity contribution >= 4 is 0 Å². The Kier molecular flexibility index (Phi) is 3.02. The summed E-state index contributed by atoms with van der Waals surface area (Å²) in [5.41, 5.74) is 1.59. The highest BCUT2D eigenvalue weighted by molar-refractivity contribution is 5.19. The van der Waals surface area contributed by atoms with Gasteiger partial charge in [-0.1, -0.05) is 30.3 Å². The van der Waals surface area contributed by atoms with Gasteiger partial charge in [0.2, 0.25) is 0 Å². The van der Waals surface area contributed by atoms with E-state index in [2.05, 4.69) is 73.3 Å². The number of hydrazine groups is 1. The van der Waals surface area contributed by atoms with Crippen LogP contribution in [0.1, 0.15) is 12.5 Å². The first-order chi connectivity index (χ1) is 7.54. The molecule has 3 heteroatoms. The lowest BCUT2D eigenvalue weighted by Crippen LogP contribution is -2.26. The monoisotopic (exact) mass is 219 g/mol. The molecule has 0 N–H and O–H groups in total. The predicted octanol–water partition coefficient (Wildman–Crippen LogP) is 1.63. The van der Waals surface area contributed by atoms with E-state index in [1.165, 1.54) is 5.56 Å². The van der Waals surface area contributed by atoms with Crippen LogP contribution in [0, 0.1) is 0 Å². The van der Waals surface area contributed by atoms with Crippen LogP contribution in [0.4, 0.5) is 0 Å². The zero-order valence-electron chi connectivity index (χ0n) is 10.6. The summed E-state index contributed by atoms with van der Waals surface area (Å²) in [5.74, 6) is 0. The van der Waals surface area contributed by atoms with Gasteiger partial charge in [0.1, 0.15) is 5.66 Å². The number of likely N-dealkylation sites (N-methyl/N-ethyl adjacent to an activating group) is 1. The Labute approximate surface area is 98.2 Å². The van der Waals surface area contributed by atoms with Gasteiger partial charge in [-0.25, -0.2) is 10.0 Å². The van der Waals surface area contributed by atoms with E-state index in [1.54, 1.807) is 0 Å². The largest absolute Gasteiger partial charge is 0.295 e. The summed E-state index contributed by atoms with van der Waals surface area (Å²) in [6.45, 7) is 3.28. The Morgan fingerprint density at radius 3 is 2.38 bits per heavy atom. The maximum atomic E-state index is 2.39. The molecule has 3 atom stereocenters. The maximum absolute atomic E-state index is 2.39. The Morgan fingerprint density at radius 2 is 1.81 bits per heavy atom. The molecule has 1 fully saturated rings. The van der Waals surface area contributed by atoms with Crippen LogP contribution in [0.15, 0.2) is 30.3 Å². The van der Waals surface area contributed by atoms with E-state index in [4.69, 9.17) is 0 Å². The highest BCUT2D eigenvalue weighted by Crippen LogP contribution is 2.39. The summed E-state index contributed by atoms with van der Waals surface area (Å²) in [7, 11) is 6.37. The molecular weight excluding hydrogens is 198 g/mol. The quantitative estimate of drug-likeness (QED) is 0.712. The molecule has 0 spiro atoms. The van der Waals surface area contributed by atoms with Crippen LogP contribution in [0.2, 0.25) is 0 Å². The predicted molar refractivity (Wildman–Crippen MR) is 66.7 cm³/mol. The highest BCUT2D eigenvalue weighted by atomic mass is 15.9. The Morgan fingerprint density at radius 1 is 1.19 bits per heavy atom. The molecule has 1 saturated heterocycles. The molecular formula is C13H21N3. The van der Waals surface area contributed by atoms with Gasteiger partial charge in [-0.05, 0) is 26.6 Å². The van der Waals surface area contributed by atoms with Crippen molar-refractivity contribution in [1.29, 1.82) is 0 Å². The average Bonchev–Trinajstić information content (AvgIpc) is 2.71. The third-order valence-corrected chi connectivity index (χ3v) is 3.37.